The highest BCUT2D eigenvalue weighted by atomic mass is 35.5. The van der Waals surface area contributed by atoms with Crippen LogP contribution in [0.15, 0.2) is 59.5 Å². The van der Waals surface area contributed by atoms with Crippen LogP contribution in [0.2, 0.25) is 10.0 Å². The van der Waals surface area contributed by atoms with Gasteiger partial charge in [0, 0.05) is 27.2 Å². The third-order valence-electron chi connectivity index (χ3n) is 5.38. The Morgan fingerprint density at radius 3 is 2.36 bits per heavy atom. The Balaban J connectivity index is 1.74. The Kier molecular flexibility index (Phi) is 9.35. The molecule has 3 aromatic rings. The Hall–Kier alpha value is -3.91. The second kappa shape index (κ2) is 12.3. The van der Waals surface area contributed by atoms with Gasteiger partial charge in [0.05, 0.1) is 22.1 Å². The summed E-state index contributed by atoms with van der Waals surface area (Å²) in [5, 5.41) is 12.3. The summed E-state index contributed by atoms with van der Waals surface area (Å²) in [6.07, 6.45) is 0. The average Bonchev–Trinajstić information content (AvgIpc) is 2.87. The number of carbonyl (C=O) groups is 3. The zero-order valence-electron chi connectivity index (χ0n) is 21.0. The highest BCUT2D eigenvalue weighted by Crippen LogP contribution is 2.27. The van der Waals surface area contributed by atoms with Crippen molar-refractivity contribution in [3.8, 4) is 11.8 Å². The van der Waals surface area contributed by atoms with Crippen LogP contribution >= 0.6 is 23.2 Å². The summed E-state index contributed by atoms with van der Waals surface area (Å²) >= 11 is 12.1. The first kappa shape index (κ1) is 29.6. The third-order valence-corrected chi connectivity index (χ3v) is 7.17. The lowest BCUT2D eigenvalue weighted by Gasteiger charge is -2.14. The van der Waals surface area contributed by atoms with E-state index in [1.807, 2.05) is 10.8 Å². The number of amides is 2. The number of ether oxygens (including phenoxy) is 1. The number of hydrogen-bond acceptors (Lipinski definition) is 7. The summed E-state index contributed by atoms with van der Waals surface area (Å²) in [5.74, 6) is -2.16. The molecular formula is C27H23Cl2N3O6S. The van der Waals surface area contributed by atoms with Crippen molar-refractivity contribution in [3.05, 3.63) is 86.9 Å². The smallest absolute Gasteiger partial charge is 0.264 e. The van der Waals surface area contributed by atoms with Crippen molar-refractivity contribution >= 4 is 56.5 Å². The van der Waals surface area contributed by atoms with E-state index >= 15 is 0 Å². The predicted octanol–water partition coefficient (Wildman–Crippen LogP) is 4.88. The van der Waals surface area contributed by atoms with Crippen LogP contribution in [0.5, 0.6) is 5.75 Å². The minimum atomic E-state index is -4.07. The molecule has 0 aliphatic heterocycles. The second-order valence-corrected chi connectivity index (χ2v) is 11.3. The molecule has 0 bridgehead atoms. The number of hydrogen-bond donors (Lipinski definition) is 2. The minimum Gasteiger partial charge on any atom is -0.483 e. The van der Waals surface area contributed by atoms with Gasteiger partial charge in [0.25, 0.3) is 15.9 Å². The maximum atomic E-state index is 13.2. The molecule has 12 heteroatoms. The first-order valence-corrected chi connectivity index (χ1v) is 13.7. The monoisotopic (exact) mass is 587 g/mol. The average molecular weight is 588 g/mol. The number of nitrogens with zero attached hydrogens (tertiary/aromatic N) is 1. The molecule has 0 saturated heterocycles. The van der Waals surface area contributed by atoms with Gasteiger partial charge in [0.1, 0.15) is 5.75 Å². The van der Waals surface area contributed by atoms with Gasteiger partial charge in [-0.1, -0.05) is 37.0 Å². The molecule has 0 fully saturated rings. The summed E-state index contributed by atoms with van der Waals surface area (Å²) in [6, 6.07) is 14.4. The molecule has 202 valence electrons. The van der Waals surface area contributed by atoms with E-state index < -0.39 is 40.1 Å². The minimum absolute atomic E-state index is 0.0654. The first-order valence-electron chi connectivity index (χ1n) is 11.5. The fraction of sp³-hybridized carbons (Fsp3) is 0.185. The topological polar surface area (TPSA) is 142 Å². The van der Waals surface area contributed by atoms with E-state index in [-0.39, 0.29) is 37.4 Å². The van der Waals surface area contributed by atoms with Crippen LogP contribution in [0, 0.1) is 24.2 Å². The zero-order valence-corrected chi connectivity index (χ0v) is 23.4. The molecular weight excluding hydrogens is 565 g/mol. The highest BCUT2D eigenvalue weighted by Gasteiger charge is 2.21. The molecule has 0 unspecified atom stereocenters. The van der Waals surface area contributed by atoms with Crippen molar-refractivity contribution < 1.29 is 27.5 Å². The third kappa shape index (κ3) is 7.57. The maximum absolute atomic E-state index is 13.2. The van der Waals surface area contributed by atoms with Gasteiger partial charge in [-0.2, -0.15) is 5.26 Å². The summed E-state index contributed by atoms with van der Waals surface area (Å²) in [7, 11) is -4.07. The number of nitrogens with one attached hydrogen (secondary N) is 2. The standard InChI is InChI=1S/C27H23Cl2N3O6S/c1-15(2)27(35)32-39(36,37)21-5-6-23(16(3)8-21)31-25(33)14-38-24-7-4-19(28)12-22(24)26(34)18-9-17(13-30)10-20(29)11-18/h4-12,15H,14H2,1-3H3,(H,31,33)(H,32,35). The quantitative estimate of drug-likeness (QED) is 0.339. The number of nitriles is 1. The van der Waals surface area contributed by atoms with Crippen LogP contribution in [-0.2, 0) is 19.6 Å². The lowest BCUT2D eigenvalue weighted by molar-refractivity contribution is -0.122. The van der Waals surface area contributed by atoms with E-state index in [9.17, 15) is 28.1 Å². The number of halogens is 2. The van der Waals surface area contributed by atoms with E-state index in [1.165, 1.54) is 54.6 Å². The van der Waals surface area contributed by atoms with Crippen LogP contribution in [0.4, 0.5) is 5.69 Å². The molecule has 2 amide bonds. The molecule has 0 radical (unpaired) electrons. The Bertz CT molecular complexity index is 1610. The van der Waals surface area contributed by atoms with E-state index in [4.69, 9.17) is 27.9 Å². The molecule has 0 spiro atoms. The SMILES string of the molecule is Cc1cc(S(=O)(=O)NC(=O)C(C)C)ccc1NC(=O)COc1ccc(Cl)cc1C(=O)c1cc(Cl)cc(C#N)c1. The lowest BCUT2D eigenvalue weighted by Crippen LogP contribution is -2.33. The summed E-state index contributed by atoms with van der Waals surface area (Å²) in [4.78, 5) is 37.5. The van der Waals surface area contributed by atoms with Gasteiger partial charge in [0.15, 0.2) is 12.4 Å². The van der Waals surface area contributed by atoms with Crippen LogP contribution in [0.3, 0.4) is 0 Å². The molecule has 0 saturated carbocycles. The van der Waals surface area contributed by atoms with Crippen LogP contribution in [-0.4, -0.2) is 32.6 Å². The van der Waals surface area contributed by atoms with Crippen LogP contribution in [0.1, 0.15) is 40.9 Å². The van der Waals surface area contributed by atoms with E-state index in [0.29, 0.717) is 11.3 Å². The lowest BCUT2D eigenvalue weighted by atomic mass is 10.0. The number of anilines is 1. The van der Waals surface area contributed by atoms with Gasteiger partial charge in [-0.05, 0) is 67.1 Å². The largest absolute Gasteiger partial charge is 0.483 e. The van der Waals surface area contributed by atoms with Gasteiger partial charge < -0.3 is 10.1 Å². The predicted molar refractivity (Wildman–Crippen MR) is 147 cm³/mol. The molecule has 0 atom stereocenters. The Labute approximate surface area is 235 Å². The molecule has 3 rings (SSSR count). The van der Waals surface area contributed by atoms with E-state index in [1.54, 1.807) is 20.8 Å². The molecule has 9 nitrogen and oxygen atoms in total. The number of sulfonamides is 1. The molecule has 0 heterocycles. The maximum Gasteiger partial charge on any atom is 0.264 e. The molecule has 0 aliphatic carbocycles. The Morgan fingerprint density at radius 1 is 1.00 bits per heavy atom. The van der Waals surface area contributed by atoms with Crippen molar-refractivity contribution in [1.82, 2.24) is 4.72 Å². The van der Waals surface area contributed by atoms with Gasteiger partial charge in [-0.3, -0.25) is 14.4 Å². The number of ketones is 1. The van der Waals surface area contributed by atoms with Gasteiger partial charge in [-0.25, -0.2) is 13.1 Å². The van der Waals surface area contributed by atoms with Crippen LogP contribution < -0.4 is 14.8 Å². The van der Waals surface area contributed by atoms with Gasteiger partial charge in [0.2, 0.25) is 5.91 Å². The van der Waals surface area contributed by atoms with Crippen molar-refractivity contribution in [3.63, 3.8) is 0 Å². The number of aryl methyl sites for hydroxylation is 1. The van der Waals surface area contributed by atoms with E-state index in [0.717, 1.165) is 0 Å². The van der Waals surface area contributed by atoms with Gasteiger partial charge >= 0.3 is 0 Å². The Morgan fingerprint density at radius 2 is 1.72 bits per heavy atom. The molecule has 2 N–H and O–H groups in total. The number of rotatable bonds is 9. The summed E-state index contributed by atoms with van der Waals surface area (Å²) < 4.78 is 32.5. The summed E-state index contributed by atoms with van der Waals surface area (Å²) in [5.41, 5.74) is 1.17. The highest BCUT2D eigenvalue weighted by molar-refractivity contribution is 7.90. The normalized spacial score (nSPS) is 11.0. The van der Waals surface area contributed by atoms with Gasteiger partial charge in [-0.15, -0.1) is 0 Å². The van der Waals surface area contributed by atoms with Crippen molar-refractivity contribution in [2.75, 3.05) is 11.9 Å². The fourth-order valence-electron chi connectivity index (χ4n) is 3.33. The first-order chi connectivity index (χ1) is 18.3. The fourth-order valence-corrected chi connectivity index (χ4v) is 4.93. The number of benzene rings is 3. The molecule has 39 heavy (non-hydrogen) atoms. The number of carbonyl (C=O) groups excluding carboxylic acids is 3. The summed E-state index contributed by atoms with van der Waals surface area (Å²) in [6.45, 7) is 4.25. The zero-order chi connectivity index (χ0) is 28.9. The molecule has 3 aromatic carbocycles. The van der Waals surface area contributed by atoms with E-state index in [2.05, 4.69) is 5.32 Å². The molecule has 0 aliphatic rings. The van der Waals surface area contributed by atoms with Crippen LogP contribution in [0.25, 0.3) is 0 Å². The van der Waals surface area contributed by atoms with Crippen molar-refractivity contribution in [2.24, 2.45) is 5.92 Å². The second-order valence-electron chi connectivity index (χ2n) is 8.75. The van der Waals surface area contributed by atoms with Crippen molar-refractivity contribution in [1.29, 1.82) is 5.26 Å². The van der Waals surface area contributed by atoms with Crippen molar-refractivity contribution in [2.45, 2.75) is 25.7 Å². The molecule has 0 aromatic heterocycles.